The number of likely N-dealkylation sites (tertiary alicyclic amines) is 1. The summed E-state index contributed by atoms with van der Waals surface area (Å²) >= 11 is 0. The number of anilines is 1. The van der Waals surface area contributed by atoms with Gasteiger partial charge in [0.25, 0.3) is 0 Å². The Labute approximate surface area is 117 Å². The second kappa shape index (κ2) is 5.16. The molecule has 2 aliphatic heterocycles. The molecule has 2 heterocycles. The SMILES string of the molecule is CC1(C)CCCN(C2CCc3ccccc3NC2)C1. The van der Waals surface area contributed by atoms with E-state index >= 15 is 0 Å². The first-order valence-electron chi connectivity index (χ1n) is 7.70. The minimum Gasteiger partial charge on any atom is -0.383 e. The monoisotopic (exact) mass is 258 g/mol. The molecule has 2 nitrogen and oxygen atoms in total. The van der Waals surface area contributed by atoms with Gasteiger partial charge in [-0.1, -0.05) is 32.0 Å². The van der Waals surface area contributed by atoms with Crippen molar-refractivity contribution in [3.63, 3.8) is 0 Å². The third-order valence-corrected chi connectivity index (χ3v) is 4.74. The van der Waals surface area contributed by atoms with E-state index in [2.05, 4.69) is 48.3 Å². The summed E-state index contributed by atoms with van der Waals surface area (Å²) in [5, 5.41) is 3.66. The Kier molecular flexibility index (Phi) is 3.53. The molecule has 104 valence electrons. The lowest BCUT2D eigenvalue weighted by Gasteiger charge is -2.42. The molecule has 0 radical (unpaired) electrons. The summed E-state index contributed by atoms with van der Waals surface area (Å²) in [7, 11) is 0. The Morgan fingerprint density at radius 3 is 2.95 bits per heavy atom. The van der Waals surface area contributed by atoms with Gasteiger partial charge < -0.3 is 5.32 Å². The maximum absolute atomic E-state index is 3.66. The number of benzene rings is 1. The third kappa shape index (κ3) is 2.94. The zero-order valence-electron chi connectivity index (χ0n) is 12.3. The van der Waals surface area contributed by atoms with Crippen molar-refractivity contribution in [3.05, 3.63) is 29.8 Å². The van der Waals surface area contributed by atoms with Crippen LogP contribution in [0.1, 0.15) is 38.7 Å². The molecule has 1 saturated heterocycles. The zero-order valence-corrected chi connectivity index (χ0v) is 12.3. The van der Waals surface area contributed by atoms with Crippen LogP contribution in [0.2, 0.25) is 0 Å². The summed E-state index contributed by atoms with van der Waals surface area (Å²) in [6, 6.07) is 9.48. The molecule has 2 heteroatoms. The van der Waals surface area contributed by atoms with Crippen molar-refractivity contribution < 1.29 is 0 Å². The van der Waals surface area contributed by atoms with E-state index < -0.39 is 0 Å². The highest BCUT2D eigenvalue weighted by Gasteiger charge is 2.31. The van der Waals surface area contributed by atoms with Gasteiger partial charge in [0.05, 0.1) is 0 Å². The lowest BCUT2D eigenvalue weighted by molar-refractivity contribution is 0.0796. The fraction of sp³-hybridized carbons (Fsp3) is 0.647. The molecule has 0 amide bonds. The average Bonchev–Trinajstić information content (AvgIpc) is 2.60. The fourth-order valence-corrected chi connectivity index (χ4v) is 3.65. The standard InChI is InChI=1S/C17H26N2/c1-17(2)10-5-11-19(13-17)15-9-8-14-6-3-4-7-16(14)18-12-15/h3-4,6-7,15,18H,5,8-13H2,1-2H3. The van der Waals surface area contributed by atoms with E-state index in [9.17, 15) is 0 Å². The van der Waals surface area contributed by atoms with E-state index in [1.807, 2.05) is 0 Å². The number of fused-ring (bicyclic) bond motifs is 1. The molecule has 0 spiro atoms. The van der Waals surface area contributed by atoms with E-state index in [0.29, 0.717) is 11.5 Å². The van der Waals surface area contributed by atoms with Crippen molar-refractivity contribution >= 4 is 5.69 Å². The summed E-state index contributed by atoms with van der Waals surface area (Å²) in [6.45, 7) is 8.48. The van der Waals surface area contributed by atoms with E-state index in [0.717, 1.165) is 6.54 Å². The number of nitrogens with zero attached hydrogens (tertiary/aromatic N) is 1. The minimum absolute atomic E-state index is 0.497. The van der Waals surface area contributed by atoms with E-state index in [-0.39, 0.29) is 0 Å². The minimum atomic E-state index is 0.497. The molecule has 1 fully saturated rings. The number of hydrogen-bond acceptors (Lipinski definition) is 2. The van der Waals surface area contributed by atoms with Crippen LogP contribution in [0, 0.1) is 5.41 Å². The molecule has 1 unspecified atom stereocenters. The van der Waals surface area contributed by atoms with Crippen LogP contribution in [0.5, 0.6) is 0 Å². The summed E-state index contributed by atoms with van der Waals surface area (Å²) in [6.07, 6.45) is 5.24. The first-order valence-corrected chi connectivity index (χ1v) is 7.70. The van der Waals surface area contributed by atoms with Gasteiger partial charge in [-0.05, 0) is 49.3 Å². The first-order chi connectivity index (χ1) is 9.14. The van der Waals surface area contributed by atoms with E-state index in [1.54, 1.807) is 0 Å². The predicted molar refractivity (Wildman–Crippen MR) is 81.6 cm³/mol. The molecule has 19 heavy (non-hydrogen) atoms. The maximum atomic E-state index is 3.66. The van der Waals surface area contributed by atoms with Crippen molar-refractivity contribution in [2.24, 2.45) is 5.41 Å². The second-order valence-electron chi connectivity index (χ2n) is 6.97. The summed E-state index contributed by atoms with van der Waals surface area (Å²) in [4.78, 5) is 2.72. The Bertz CT molecular complexity index is 412. The van der Waals surface area contributed by atoms with Crippen molar-refractivity contribution in [2.45, 2.75) is 45.6 Å². The van der Waals surface area contributed by atoms with E-state index in [1.165, 1.54) is 50.0 Å². The van der Waals surface area contributed by atoms with E-state index in [4.69, 9.17) is 0 Å². The zero-order chi connectivity index (χ0) is 13.3. The molecule has 1 N–H and O–H groups in total. The number of piperidine rings is 1. The third-order valence-electron chi connectivity index (χ3n) is 4.74. The number of nitrogens with one attached hydrogen (secondary N) is 1. The average molecular weight is 258 g/mol. The van der Waals surface area contributed by atoms with Gasteiger partial charge in [-0.3, -0.25) is 4.90 Å². The van der Waals surface area contributed by atoms with Crippen LogP contribution in [0.4, 0.5) is 5.69 Å². The van der Waals surface area contributed by atoms with Crippen molar-refractivity contribution in [3.8, 4) is 0 Å². The van der Waals surface area contributed by atoms with Gasteiger partial charge in [-0.2, -0.15) is 0 Å². The van der Waals surface area contributed by atoms with Crippen LogP contribution in [-0.2, 0) is 6.42 Å². The van der Waals surface area contributed by atoms with Crippen LogP contribution in [0.15, 0.2) is 24.3 Å². The summed E-state index contributed by atoms with van der Waals surface area (Å²) in [5.41, 5.74) is 3.33. The molecule has 3 rings (SSSR count). The first kappa shape index (κ1) is 13.0. The van der Waals surface area contributed by atoms with Crippen molar-refractivity contribution in [1.82, 2.24) is 4.90 Å². The molecule has 1 atom stereocenters. The van der Waals surface area contributed by atoms with Crippen LogP contribution in [0.25, 0.3) is 0 Å². The largest absolute Gasteiger partial charge is 0.383 e. The highest BCUT2D eigenvalue weighted by atomic mass is 15.2. The second-order valence-corrected chi connectivity index (χ2v) is 6.97. The van der Waals surface area contributed by atoms with Gasteiger partial charge in [0, 0.05) is 24.8 Å². The molecular weight excluding hydrogens is 232 g/mol. The van der Waals surface area contributed by atoms with Gasteiger partial charge in [0.2, 0.25) is 0 Å². The molecule has 2 aliphatic rings. The lowest BCUT2D eigenvalue weighted by atomic mass is 9.83. The molecule has 0 bridgehead atoms. The Morgan fingerprint density at radius 2 is 2.11 bits per heavy atom. The van der Waals surface area contributed by atoms with Gasteiger partial charge in [-0.15, -0.1) is 0 Å². The summed E-state index contributed by atoms with van der Waals surface area (Å²) < 4.78 is 0. The smallest absolute Gasteiger partial charge is 0.0373 e. The fourth-order valence-electron chi connectivity index (χ4n) is 3.65. The molecular formula is C17H26N2. The van der Waals surface area contributed by atoms with Crippen molar-refractivity contribution in [2.75, 3.05) is 25.0 Å². The Balaban J connectivity index is 1.68. The normalized spacial score (nSPS) is 27.2. The lowest BCUT2D eigenvalue weighted by Crippen LogP contribution is -2.48. The van der Waals surface area contributed by atoms with Crippen LogP contribution >= 0.6 is 0 Å². The topological polar surface area (TPSA) is 15.3 Å². The number of aryl methyl sites for hydroxylation is 1. The molecule has 0 saturated carbocycles. The number of hydrogen-bond donors (Lipinski definition) is 1. The van der Waals surface area contributed by atoms with Gasteiger partial charge in [-0.25, -0.2) is 0 Å². The highest BCUT2D eigenvalue weighted by Crippen LogP contribution is 2.31. The molecule has 0 aromatic heterocycles. The van der Waals surface area contributed by atoms with Crippen LogP contribution < -0.4 is 5.32 Å². The van der Waals surface area contributed by atoms with Crippen LogP contribution in [0.3, 0.4) is 0 Å². The predicted octanol–water partition coefficient (Wildman–Crippen LogP) is 3.54. The quantitative estimate of drug-likeness (QED) is 0.829. The molecule has 1 aromatic rings. The highest BCUT2D eigenvalue weighted by molar-refractivity contribution is 5.52. The van der Waals surface area contributed by atoms with Gasteiger partial charge in [0.1, 0.15) is 0 Å². The molecule has 0 aliphatic carbocycles. The van der Waals surface area contributed by atoms with Crippen LogP contribution in [-0.4, -0.2) is 30.6 Å². The molecule has 1 aromatic carbocycles. The van der Waals surface area contributed by atoms with Gasteiger partial charge >= 0.3 is 0 Å². The van der Waals surface area contributed by atoms with Gasteiger partial charge in [0.15, 0.2) is 0 Å². The maximum Gasteiger partial charge on any atom is 0.0373 e. The Hall–Kier alpha value is -1.02. The number of rotatable bonds is 1. The van der Waals surface area contributed by atoms with Crippen molar-refractivity contribution in [1.29, 1.82) is 0 Å². The number of para-hydroxylation sites is 1. The Morgan fingerprint density at radius 1 is 1.26 bits per heavy atom. The summed E-state index contributed by atoms with van der Waals surface area (Å²) in [5.74, 6) is 0.